The molecule has 0 aliphatic heterocycles. The van der Waals surface area contributed by atoms with Gasteiger partial charge in [-0.25, -0.2) is 4.98 Å². The van der Waals surface area contributed by atoms with Crippen molar-refractivity contribution in [3.63, 3.8) is 0 Å². The summed E-state index contributed by atoms with van der Waals surface area (Å²) in [7, 11) is 0. The van der Waals surface area contributed by atoms with E-state index in [0.29, 0.717) is 0 Å². The lowest BCUT2D eigenvalue weighted by Crippen LogP contribution is -1.76. The largest absolute Gasteiger partial charge is 0.240 e. The minimum atomic E-state index is 1.09. The van der Waals surface area contributed by atoms with Crippen LogP contribution in [0.15, 0.2) is 16.6 Å². The Bertz CT molecular complexity index is 434. The highest BCUT2D eigenvalue weighted by Gasteiger charge is 2.05. The molecule has 0 radical (unpaired) electrons. The van der Waals surface area contributed by atoms with E-state index < -0.39 is 0 Å². The minimum Gasteiger partial charge on any atom is -0.240 e. The van der Waals surface area contributed by atoms with Gasteiger partial charge in [-0.3, -0.25) is 0 Å². The van der Waals surface area contributed by atoms with Crippen LogP contribution in [0.3, 0.4) is 0 Å². The Morgan fingerprint density at radius 1 is 1.21 bits per heavy atom. The molecule has 0 N–H and O–H groups in total. The predicted molar refractivity (Wildman–Crippen MR) is 68.1 cm³/mol. The van der Waals surface area contributed by atoms with Gasteiger partial charge in [-0.15, -0.1) is 11.3 Å². The Kier molecular flexibility index (Phi) is 4.08. The Hall–Kier alpha value is -0.410. The Morgan fingerprint density at radius 3 is 2.50 bits per heavy atom. The molecule has 0 aliphatic carbocycles. The highest BCUT2D eigenvalue weighted by Crippen LogP contribution is 2.30. The third-order valence-corrected chi connectivity index (χ3v) is 3.74. The highest BCUT2D eigenvalue weighted by atomic mass is 79.9. The molecule has 0 amide bonds. The van der Waals surface area contributed by atoms with Gasteiger partial charge >= 0.3 is 0 Å². The van der Waals surface area contributed by atoms with Crippen LogP contribution in [0.25, 0.3) is 10.2 Å². The second kappa shape index (κ2) is 4.89. The fourth-order valence-corrected chi connectivity index (χ4v) is 2.57. The molecule has 1 nitrogen and oxygen atoms in total. The average Bonchev–Trinajstić information content (AvgIpc) is 2.57. The number of rotatable bonds is 0. The Balaban J connectivity index is 0.000000461. The lowest BCUT2D eigenvalue weighted by atomic mass is 10.2. The molecule has 3 heteroatoms. The third kappa shape index (κ3) is 2.15. The fourth-order valence-electron chi connectivity index (χ4n) is 1.17. The van der Waals surface area contributed by atoms with Crippen molar-refractivity contribution >= 4 is 37.5 Å². The van der Waals surface area contributed by atoms with Crippen molar-refractivity contribution in [3.05, 3.63) is 27.2 Å². The van der Waals surface area contributed by atoms with Crippen LogP contribution in [-0.2, 0) is 0 Å². The smallest absolute Gasteiger partial charge is 0.0959 e. The number of benzene rings is 1. The van der Waals surface area contributed by atoms with Crippen molar-refractivity contribution in [3.8, 4) is 0 Å². The molecule has 0 bridgehead atoms. The maximum absolute atomic E-state index is 4.45. The molecular weight excluding hydrogens is 258 g/mol. The molecule has 0 saturated heterocycles. The molecule has 14 heavy (non-hydrogen) atoms. The van der Waals surface area contributed by atoms with Gasteiger partial charge in [0.2, 0.25) is 0 Å². The number of nitrogens with zero attached hydrogens (tertiary/aromatic N) is 1. The van der Waals surface area contributed by atoms with Gasteiger partial charge in [-0.2, -0.15) is 0 Å². The summed E-state index contributed by atoms with van der Waals surface area (Å²) in [5.74, 6) is 0. The second-order valence-corrected chi connectivity index (χ2v) is 4.80. The van der Waals surface area contributed by atoms with Crippen molar-refractivity contribution < 1.29 is 0 Å². The zero-order valence-electron chi connectivity index (χ0n) is 8.89. The molecule has 1 aromatic carbocycles. The van der Waals surface area contributed by atoms with Crippen molar-refractivity contribution in [1.29, 1.82) is 0 Å². The quantitative estimate of drug-likeness (QED) is 0.677. The van der Waals surface area contributed by atoms with Crippen LogP contribution in [0, 0.1) is 13.8 Å². The van der Waals surface area contributed by atoms with E-state index in [1.54, 1.807) is 11.3 Å². The summed E-state index contributed by atoms with van der Waals surface area (Å²) in [4.78, 5) is 4.45. The summed E-state index contributed by atoms with van der Waals surface area (Å²) in [6.45, 7) is 8.12. The van der Waals surface area contributed by atoms with Gasteiger partial charge in [0.25, 0.3) is 0 Å². The molecule has 0 saturated carbocycles. The van der Waals surface area contributed by atoms with E-state index in [0.717, 1.165) is 15.0 Å². The van der Waals surface area contributed by atoms with E-state index in [9.17, 15) is 0 Å². The summed E-state index contributed by atoms with van der Waals surface area (Å²) >= 11 is 5.27. The number of hydrogen-bond acceptors (Lipinski definition) is 2. The lowest BCUT2D eigenvalue weighted by molar-refractivity contribution is 1.33. The first kappa shape index (κ1) is 11.7. The van der Waals surface area contributed by atoms with E-state index in [1.165, 1.54) is 10.3 Å². The number of hydrogen-bond donors (Lipinski definition) is 0. The van der Waals surface area contributed by atoms with Crippen LogP contribution < -0.4 is 0 Å². The van der Waals surface area contributed by atoms with Gasteiger partial charge in [0.15, 0.2) is 0 Å². The van der Waals surface area contributed by atoms with Crippen LogP contribution in [0.2, 0.25) is 0 Å². The van der Waals surface area contributed by atoms with Gasteiger partial charge in [0, 0.05) is 4.47 Å². The zero-order valence-corrected chi connectivity index (χ0v) is 11.3. The zero-order chi connectivity index (χ0) is 10.7. The topological polar surface area (TPSA) is 12.9 Å². The number of aromatic nitrogens is 1. The molecular formula is C11H14BrNS. The van der Waals surface area contributed by atoms with E-state index in [1.807, 2.05) is 20.8 Å². The third-order valence-electron chi connectivity index (χ3n) is 1.80. The Morgan fingerprint density at radius 2 is 1.86 bits per heavy atom. The van der Waals surface area contributed by atoms with E-state index in [-0.39, 0.29) is 0 Å². The molecule has 2 aromatic rings. The number of fused-ring (bicyclic) bond motifs is 1. The van der Waals surface area contributed by atoms with Gasteiger partial charge in [-0.05, 0) is 41.4 Å². The molecule has 0 fully saturated rings. The van der Waals surface area contributed by atoms with E-state index in [2.05, 4.69) is 40.0 Å². The van der Waals surface area contributed by atoms with Crippen molar-refractivity contribution in [2.75, 3.05) is 0 Å². The molecule has 0 aliphatic rings. The van der Waals surface area contributed by atoms with Crippen LogP contribution in [0.4, 0.5) is 0 Å². The number of aryl methyl sites for hydroxylation is 2. The van der Waals surface area contributed by atoms with Crippen molar-refractivity contribution in [2.45, 2.75) is 27.7 Å². The maximum Gasteiger partial charge on any atom is 0.0959 e. The number of halogens is 1. The molecule has 0 unspecified atom stereocenters. The van der Waals surface area contributed by atoms with Crippen molar-refractivity contribution in [2.24, 2.45) is 0 Å². The molecule has 0 spiro atoms. The first-order chi connectivity index (χ1) is 6.68. The summed E-state index contributed by atoms with van der Waals surface area (Å²) < 4.78 is 2.38. The lowest BCUT2D eigenvalue weighted by Gasteiger charge is -1.96. The Labute approximate surface area is 97.3 Å². The van der Waals surface area contributed by atoms with Crippen LogP contribution in [0.1, 0.15) is 24.4 Å². The van der Waals surface area contributed by atoms with Gasteiger partial charge < -0.3 is 0 Å². The van der Waals surface area contributed by atoms with Crippen LogP contribution in [0.5, 0.6) is 0 Å². The number of thiazole rings is 1. The standard InChI is InChI=1S/C9H8BrNS.C2H6/c1-5-3-4-7-9(8(5)10)11-6(2)12-7;1-2/h3-4H,1-2H3;1-2H3. The second-order valence-electron chi connectivity index (χ2n) is 2.78. The van der Waals surface area contributed by atoms with Crippen LogP contribution >= 0.6 is 27.3 Å². The summed E-state index contributed by atoms with van der Waals surface area (Å²) in [5, 5.41) is 1.12. The molecule has 0 atom stereocenters. The predicted octanol–water partition coefficient (Wildman–Crippen LogP) is 4.70. The monoisotopic (exact) mass is 271 g/mol. The normalized spacial score (nSPS) is 9.79. The van der Waals surface area contributed by atoms with Crippen LogP contribution in [-0.4, -0.2) is 4.98 Å². The summed E-state index contributed by atoms with van der Waals surface area (Å²) in [6.07, 6.45) is 0. The van der Waals surface area contributed by atoms with Gasteiger partial charge in [0.05, 0.1) is 15.2 Å². The first-order valence-electron chi connectivity index (χ1n) is 4.71. The first-order valence-corrected chi connectivity index (χ1v) is 6.31. The van der Waals surface area contributed by atoms with E-state index in [4.69, 9.17) is 0 Å². The fraction of sp³-hybridized carbons (Fsp3) is 0.364. The maximum atomic E-state index is 4.45. The average molecular weight is 272 g/mol. The summed E-state index contributed by atoms with van der Waals surface area (Å²) in [6, 6.07) is 4.24. The highest BCUT2D eigenvalue weighted by molar-refractivity contribution is 9.10. The van der Waals surface area contributed by atoms with E-state index >= 15 is 0 Å². The minimum absolute atomic E-state index is 1.09. The summed E-state index contributed by atoms with van der Waals surface area (Å²) in [5.41, 5.74) is 2.34. The molecule has 1 heterocycles. The SMILES string of the molecule is CC.Cc1nc2c(Br)c(C)ccc2s1. The van der Waals surface area contributed by atoms with Gasteiger partial charge in [-0.1, -0.05) is 19.9 Å². The molecule has 1 aromatic heterocycles. The molecule has 2 rings (SSSR count). The molecule has 76 valence electrons. The van der Waals surface area contributed by atoms with Gasteiger partial charge in [0.1, 0.15) is 0 Å². The van der Waals surface area contributed by atoms with Crippen molar-refractivity contribution in [1.82, 2.24) is 4.98 Å².